The van der Waals surface area contributed by atoms with Crippen LogP contribution in [0.1, 0.15) is 54.0 Å². The van der Waals surface area contributed by atoms with E-state index in [0.717, 1.165) is 11.3 Å². The first-order valence-electron chi connectivity index (χ1n) is 8.80. The van der Waals surface area contributed by atoms with Crippen molar-refractivity contribution < 1.29 is 9.31 Å². The third-order valence-corrected chi connectivity index (χ3v) is 5.15. The molecule has 0 atom stereocenters. The Morgan fingerprint density at radius 2 is 1.52 bits per heavy atom. The highest BCUT2D eigenvalue weighted by Crippen LogP contribution is 2.36. The Hall–Kier alpha value is -1.72. The van der Waals surface area contributed by atoms with Gasteiger partial charge in [-0.2, -0.15) is 0 Å². The summed E-state index contributed by atoms with van der Waals surface area (Å²) in [6, 6.07) is 10.3. The van der Waals surface area contributed by atoms with Crippen molar-refractivity contribution in [3.8, 4) is 11.3 Å². The van der Waals surface area contributed by atoms with Crippen LogP contribution in [0.15, 0.2) is 36.5 Å². The molecule has 0 radical (unpaired) electrons. The van der Waals surface area contributed by atoms with Crippen molar-refractivity contribution in [2.45, 2.75) is 65.1 Å². The monoisotopic (exact) mass is 338 g/mol. The molecule has 1 aromatic heterocycles. The van der Waals surface area contributed by atoms with E-state index in [9.17, 15) is 0 Å². The lowest BCUT2D eigenvalue weighted by molar-refractivity contribution is 0.00578. The lowest BCUT2D eigenvalue weighted by atomic mass is 9.82. The lowest BCUT2D eigenvalue weighted by Crippen LogP contribution is -2.41. The standard InChI is InChI=1S/C20H27BN2O2/c1-18(2,3)15-11-9-8-10-14(15)16-12-13-22-17(23-16)21-24-19(4,5)20(6,7)25-21/h8-13H,1-7H3. The zero-order valence-corrected chi connectivity index (χ0v) is 16.3. The fourth-order valence-corrected chi connectivity index (χ4v) is 2.95. The SMILES string of the molecule is CC(C)(C)c1ccccc1-c1ccnc(B2OC(C)(C)C(C)(C)O2)n1. The number of benzene rings is 1. The van der Waals surface area contributed by atoms with Gasteiger partial charge >= 0.3 is 7.12 Å². The molecule has 4 nitrogen and oxygen atoms in total. The van der Waals surface area contributed by atoms with Crippen LogP contribution in [-0.2, 0) is 14.7 Å². The van der Waals surface area contributed by atoms with Gasteiger partial charge in [-0.15, -0.1) is 0 Å². The number of nitrogens with zero attached hydrogens (tertiary/aromatic N) is 2. The summed E-state index contributed by atoms with van der Waals surface area (Å²) < 4.78 is 12.2. The Labute approximate surface area is 151 Å². The molecule has 25 heavy (non-hydrogen) atoms. The van der Waals surface area contributed by atoms with Gasteiger partial charge in [-0.1, -0.05) is 45.0 Å². The first-order valence-corrected chi connectivity index (χ1v) is 8.80. The van der Waals surface area contributed by atoms with Crippen molar-refractivity contribution in [3.05, 3.63) is 42.1 Å². The first-order chi connectivity index (χ1) is 11.5. The average molecular weight is 338 g/mol. The third kappa shape index (κ3) is 3.35. The predicted octanol–water partition coefficient (Wildman–Crippen LogP) is 3.74. The van der Waals surface area contributed by atoms with Crippen molar-refractivity contribution in [3.63, 3.8) is 0 Å². The molecule has 1 saturated heterocycles. The second kappa shape index (κ2) is 5.92. The van der Waals surface area contributed by atoms with E-state index >= 15 is 0 Å². The van der Waals surface area contributed by atoms with Crippen LogP contribution < -0.4 is 5.72 Å². The van der Waals surface area contributed by atoms with Crippen LogP contribution in [0.3, 0.4) is 0 Å². The van der Waals surface area contributed by atoms with Crippen molar-refractivity contribution in [2.24, 2.45) is 0 Å². The second-order valence-electron chi connectivity index (χ2n) is 8.68. The zero-order chi connectivity index (χ0) is 18.5. The summed E-state index contributed by atoms with van der Waals surface area (Å²) in [6.45, 7) is 14.8. The van der Waals surface area contributed by atoms with E-state index in [1.54, 1.807) is 6.20 Å². The predicted molar refractivity (Wildman–Crippen MR) is 102 cm³/mol. The van der Waals surface area contributed by atoms with Crippen LogP contribution in [-0.4, -0.2) is 28.3 Å². The molecule has 0 aliphatic carbocycles. The second-order valence-corrected chi connectivity index (χ2v) is 8.68. The largest absolute Gasteiger partial charge is 0.534 e. The van der Waals surface area contributed by atoms with E-state index in [4.69, 9.17) is 14.3 Å². The van der Waals surface area contributed by atoms with E-state index in [1.807, 2.05) is 39.8 Å². The minimum Gasteiger partial charge on any atom is -0.397 e. The number of hydrogen-bond donors (Lipinski definition) is 0. The highest BCUT2D eigenvalue weighted by molar-refractivity contribution is 6.60. The topological polar surface area (TPSA) is 44.2 Å². The fraction of sp³-hybridized carbons (Fsp3) is 0.500. The molecule has 5 heteroatoms. The van der Waals surface area contributed by atoms with Crippen molar-refractivity contribution >= 4 is 12.8 Å². The molecule has 0 N–H and O–H groups in total. The molecule has 0 saturated carbocycles. The summed E-state index contributed by atoms with van der Waals surface area (Å²) in [4.78, 5) is 9.18. The van der Waals surface area contributed by atoms with Crippen molar-refractivity contribution in [2.75, 3.05) is 0 Å². The molecule has 2 heterocycles. The van der Waals surface area contributed by atoms with Gasteiger partial charge in [0.15, 0.2) is 5.72 Å². The molecule has 0 spiro atoms. The van der Waals surface area contributed by atoms with Gasteiger partial charge < -0.3 is 9.31 Å². The lowest BCUT2D eigenvalue weighted by Gasteiger charge is -2.32. The maximum Gasteiger partial charge on any atom is 0.534 e. The van der Waals surface area contributed by atoms with Gasteiger partial charge in [0.1, 0.15) is 0 Å². The number of rotatable bonds is 2. The summed E-state index contributed by atoms with van der Waals surface area (Å²) in [5.41, 5.74) is 3.07. The molecule has 1 aromatic carbocycles. The molecule has 0 amide bonds. The van der Waals surface area contributed by atoms with E-state index < -0.39 is 18.3 Å². The quantitative estimate of drug-likeness (QED) is 0.783. The Bertz CT molecular complexity index is 765. The molecule has 1 aliphatic rings. The average Bonchev–Trinajstić information content (AvgIpc) is 2.75. The third-order valence-electron chi connectivity index (χ3n) is 5.15. The van der Waals surface area contributed by atoms with E-state index in [2.05, 4.69) is 44.0 Å². The van der Waals surface area contributed by atoms with E-state index in [0.29, 0.717) is 5.72 Å². The van der Waals surface area contributed by atoms with Gasteiger partial charge in [0, 0.05) is 11.8 Å². The highest BCUT2D eigenvalue weighted by atomic mass is 16.7. The van der Waals surface area contributed by atoms with Crippen LogP contribution in [0.5, 0.6) is 0 Å². The van der Waals surface area contributed by atoms with Crippen LogP contribution in [0.25, 0.3) is 11.3 Å². The Balaban J connectivity index is 2.00. The number of aromatic nitrogens is 2. The fourth-order valence-electron chi connectivity index (χ4n) is 2.95. The van der Waals surface area contributed by atoms with Crippen LogP contribution >= 0.6 is 0 Å². The van der Waals surface area contributed by atoms with Gasteiger partial charge in [0.2, 0.25) is 0 Å². The normalized spacial score (nSPS) is 19.2. The smallest absolute Gasteiger partial charge is 0.397 e. The van der Waals surface area contributed by atoms with Crippen LogP contribution in [0, 0.1) is 0 Å². The van der Waals surface area contributed by atoms with E-state index in [-0.39, 0.29) is 5.41 Å². The minimum absolute atomic E-state index is 0.0338. The molecule has 0 bridgehead atoms. The zero-order valence-electron chi connectivity index (χ0n) is 16.3. The summed E-state index contributed by atoms with van der Waals surface area (Å²) in [6.07, 6.45) is 1.78. The minimum atomic E-state index is -0.549. The Kier molecular flexibility index (Phi) is 4.29. The van der Waals surface area contributed by atoms with Crippen molar-refractivity contribution in [1.29, 1.82) is 0 Å². The van der Waals surface area contributed by atoms with Crippen LogP contribution in [0.4, 0.5) is 0 Å². The Morgan fingerprint density at radius 1 is 0.920 bits per heavy atom. The molecular weight excluding hydrogens is 311 g/mol. The van der Waals surface area contributed by atoms with Crippen LogP contribution in [0.2, 0.25) is 0 Å². The summed E-state index contributed by atoms with van der Waals surface area (Å²) >= 11 is 0. The molecule has 132 valence electrons. The molecule has 0 unspecified atom stereocenters. The molecular formula is C20H27BN2O2. The van der Waals surface area contributed by atoms with Gasteiger partial charge in [0.25, 0.3) is 0 Å². The van der Waals surface area contributed by atoms with Crippen molar-refractivity contribution in [1.82, 2.24) is 9.97 Å². The summed E-state index contributed by atoms with van der Waals surface area (Å²) in [5.74, 6) is 0. The maximum atomic E-state index is 6.09. The molecule has 2 aromatic rings. The van der Waals surface area contributed by atoms with Gasteiger partial charge in [-0.25, -0.2) is 9.97 Å². The van der Waals surface area contributed by atoms with Gasteiger partial charge in [-0.3, -0.25) is 0 Å². The number of hydrogen-bond acceptors (Lipinski definition) is 4. The maximum absolute atomic E-state index is 6.09. The highest BCUT2D eigenvalue weighted by Gasteiger charge is 2.53. The van der Waals surface area contributed by atoms with Gasteiger partial charge in [0.05, 0.1) is 16.9 Å². The van der Waals surface area contributed by atoms with E-state index in [1.165, 1.54) is 5.56 Å². The molecule has 1 fully saturated rings. The molecule has 1 aliphatic heterocycles. The molecule has 3 rings (SSSR count). The Morgan fingerprint density at radius 3 is 2.12 bits per heavy atom. The van der Waals surface area contributed by atoms with Gasteiger partial charge in [-0.05, 0) is 44.7 Å². The summed E-state index contributed by atoms with van der Waals surface area (Å²) in [5, 5.41) is 0. The summed E-state index contributed by atoms with van der Waals surface area (Å²) in [7, 11) is -0.549. The first kappa shape index (κ1) is 18.1.